The van der Waals surface area contributed by atoms with Crippen molar-refractivity contribution < 1.29 is 9.53 Å². The van der Waals surface area contributed by atoms with Gasteiger partial charge in [0.15, 0.2) is 0 Å². The molecule has 1 rings (SSSR count). The number of hydrogen-bond donors (Lipinski definition) is 2. The van der Waals surface area contributed by atoms with Gasteiger partial charge in [-0.1, -0.05) is 17.7 Å². The van der Waals surface area contributed by atoms with Crippen LogP contribution >= 0.6 is 0 Å². The molecule has 4 heteroatoms. The molecule has 0 saturated heterocycles. The molecular weight excluding hydrogens is 216 g/mol. The second-order valence-corrected chi connectivity index (χ2v) is 4.01. The van der Waals surface area contributed by atoms with Gasteiger partial charge in [-0.2, -0.15) is 0 Å². The fourth-order valence-corrected chi connectivity index (χ4v) is 1.53. The van der Waals surface area contributed by atoms with E-state index in [2.05, 4.69) is 11.4 Å². The third-order valence-electron chi connectivity index (χ3n) is 2.38. The third kappa shape index (κ3) is 4.87. The van der Waals surface area contributed by atoms with E-state index in [-0.39, 0.29) is 5.91 Å². The van der Waals surface area contributed by atoms with Crippen molar-refractivity contribution in [2.24, 2.45) is 5.73 Å². The van der Waals surface area contributed by atoms with Crippen LogP contribution in [-0.4, -0.2) is 25.6 Å². The smallest absolute Gasteiger partial charge is 0.221 e. The summed E-state index contributed by atoms with van der Waals surface area (Å²) >= 11 is 0. The normalized spacial score (nSPS) is 10.1. The molecule has 3 N–H and O–H groups in total. The Morgan fingerprint density at radius 3 is 2.82 bits per heavy atom. The van der Waals surface area contributed by atoms with Crippen LogP contribution in [0.5, 0.6) is 5.75 Å². The van der Waals surface area contributed by atoms with Gasteiger partial charge in [0.1, 0.15) is 12.4 Å². The number of rotatable bonds is 6. The van der Waals surface area contributed by atoms with Crippen LogP contribution in [0.15, 0.2) is 18.2 Å². The lowest BCUT2D eigenvalue weighted by molar-refractivity contribution is -0.120. The fraction of sp³-hybridized carbons (Fsp3) is 0.462. The Morgan fingerprint density at radius 2 is 2.18 bits per heavy atom. The summed E-state index contributed by atoms with van der Waals surface area (Å²) in [6.45, 7) is 5.41. The van der Waals surface area contributed by atoms with Crippen LogP contribution in [0.4, 0.5) is 0 Å². The monoisotopic (exact) mass is 236 g/mol. The second-order valence-electron chi connectivity index (χ2n) is 4.01. The van der Waals surface area contributed by atoms with Crippen LogP contribution in [0.3, 0.4) is 0 Å². The van der Waals surface area contributed by atoms with Gasteiger partial charge in [0.25, 0.3) is 0 Å². The molecule has 0 aromatic heterocycles. The molecule has 1 aromatic rings. The molecule has 0 aliphatic heterocycles. The summed E-state index contributed by atoms with van der Waals surface area (Å²) in [5.41, 5.74) is 7.59. The Bertz CT molecular complexity index is 378. The number of nitrogens with one attached hydrogen (secondary N) is 1. The van der Waals surface area contributed by atoms with Crippen molar-refractivity contribution >= 4 is 5.91 Å². The van der Waals surface area contributed by atoms with Crippen LogP contribution < -0.4 is 15.8 Å². The van der Waals surface area contributed by atoms with E-state index in [1.54, 1.807) is 0 Å². The lowest BCUT2D eigenvalue weighted by Crippen LogP contribution is -2.29. The van der Waals surface area contributed by atoms with Crippen molar-refractivity contribution in [1.82, 2.24) is 5.32 Å². The summed E-state index contributed by atoms with van der Waals surface area (Å²) in [5, 5.41) is 2.74. The molecule has 0 radical (unpaired) electrons. The molecule has 0 spiro atoms. The minimum atomic E-state index is -0.0308. The largest absolute Gasteiger partial charge is 0.491 e. The number of carbonyl (C=O) groups is 1. The third-order valence-corrected chi connectivity index (χ3v) is 2.38. The van der Waals surface area contributed by atoms with Gasteiger partial charge in [0, 0.05) is 13.0 Å². The molecule has 0 unspecified atom stereocenters. The van der Waals surface area contributed by atoms with Gasteiger partial charge < -0.3 is 15.8 Å². The zero-order valence-electron chi connectivity index (χ0n) is 10.5. The van der Waals surface area contributed by atoms with Crippen LogP contribution in [0.1, 0.15) is 17.5 Å². The highest BCUT2D eigenvalue weighted by Gasteiger charge is 2.01. The van der Waals surface area contributed by atoms with Crippen molar-refractivity contribution in [3.63, 3.8) is 0 Å². The van der Waals surface area contributed by atoms with Crippen molar-refractivity contribution in [2.75, 3.05) is 19.7 Å². The summed E-state index contributed by atoms with van der Waals surface area (Å²) in [5.74, 6) is 0.834. The second kappa shape index (κ2) is 6.91. The maximum Gasteiger partial charge on any atom is 0.221 e. The molecule has 0 heterocycles. The molecule has 17 heavy (non-hydrogen) atoms. The van der Waals surface area contributed by atoms with E-state index in [1.165, 1.54) is 5.56 Å². The SMILES string of the molecule is Cc1ccc(OCCNC(=O)CCN)c(C)c1. The Morgan fingerprint density at radius 1 is 1.41 bits per heavy atom. The van der Waals surface area contributed by atoms with Crippen LogP contribution in [-0.2, 0) is 4.79 Å². The van der Waals surface area contributed by atoms with Crippen molar-refractivity contribution in [3.8, 4) is 5.75 Å². The molecule has 94 valence electrons. The quantitative estimate of drug-likeness (QED) is 0.728. The number of benzene rings is 1. The van der Waals surface area contributed by atoms with Gasteiger partial charge in [-0.15, -0.1) is 0 Å². The van der Waals surface area contributed by atoms with Crippen molar-refractivity contribution in [3.05, 3.63) is 29.3 Å². The highest BCUT2D eigenvalue weighted by Crippen LogP contribution is 2.18. The molecule has 1 amide bonds. The Hall–Kier alpha value is -1.55. The minimum absolute atomic E-state index is 0.0308. The van der Waals surface area contributed by atoms with Gasteiger partial charge in [-0.3, -0.25) is 4.79 Å². The first-order chi connectivity index (χ1) is 8.13. The van der Waals surface area contributed by atoms with E-state index in [1.807, 2.05) is 26.0 Å². The first-order valence-electron chi connectivity index (χ1n) is 5.80. The average Bonchev–Trinajstić information content (AvgIpc) is 2.27. The van der Waals surface area contributed by atoms with E-state index in [0.29, 0.717) is 26.1 Å². The number of ether oxygens (including phenoxy) is 1. The van der Waals surface area contributed by atoms with Gasteiger partial charge in [0.2, 0.25) is 5.91 Å². The lowest BCUT2D eigenvalue weighted by Gasteiger charge is -2.10. The minimum Gasteiger partial charge on any atom is -0.491 e. The first kappa shape index (κ1) is 13.5. The maximum atomic E-state index is 11.1. The summed E-state index contributed by atoms with van der Waals surface area (Å²) < 4.78 is 5.57. The summed E-state index contributed by atoms with van der Waals surface area (Å²) in [6.07, 6.45) is 0.365. The standard InChI is InChI=1S/C13H20N2O2/c1-10-3-4-12(11(2)9-10)17-8-7-15-13(16)5-6-14/h3-4,9H,5-8,14H2,1-2H3,(H,15,16). The van der Waals surface area contributed by atoms with E-state index in [0.717, 1.165) is 11.3 Å². The zero-order valence-corrected chi connectivity index (χ0v) is 10.5. The number of hydrogen-bond acceptors (Lipinski definition) is 3. The van der Waals surface area contributed by atoms with Crippen molar-refractivity contribution in [1.29, 1.82) is 0 Å². The van der Waals surface area contributed by atoms with Crippen LogP contribution in [0, 0.1) is 13.8 Å². The molecule has 0 aliphatic carbocycles. The summed E-state index contributed by atoms with van der Waals surface area (Å²) in [7, 11) is 0. The van der Waals surface area contributed by atoms with E-state index in [9.17, 15) is 4.79 Å². The van der Waals surface area contributed by atoms with Crippen LogP contribution in [0.2, 0.25) is 0 Å². The van der Waals surface area contributed by atoms with E-state index < -0.39 is 0 Å². The number of amides is 1. The molecule has 0 fully saturated rings. The Labute approximate surface area is 102 Å². The number of aryl methyl sites for hydroxylation is 2. The van der Waals surface area contributed by atoms with Gasteiger partial charge in [-0.25, -0.2) is 0 Å². The molecule has 0 aliphatic rings. The van der Waals surface area contributed by atoms with Gasteiger partial charge >= 0.3 is 0 Å². The molecule has 4 nitrogen and oxygen atoms in total. The lowest BCUT2D eigenvalue weighted by atomic mass is 10.1. The highest BCUT2D eigenvalue weighted by molar-refractivity contribution is 5.75. The van der Waals surface area contributed by atoms with E-state index >= 15 is 0 Å². The highest BCUT2D eigenvalue weighted by atomic mass is 16.5. The van der Waals surface area contributed by atoms with Gasteiger partial charge in [0.05, 0.1) is 6.54 Å². The van der Waals surface area contributed by atoms with Crippen LogP contribution in [0.25, 0.3) is 0 Å². The molecule has 1 aromatic carbocycles. The zero-order chi connectivity index (χ0) is 12.7. The molecule has 0 saturated carbocycles. The van der Waals surface area contributed by atoms with Gasteiger partial charge in [-0.05, 0) is 25.5 Å². The summed E-state index contributed by atoms with van der Waals surface area (Å²) in [6, 6.07) is 6.03. The molecular formula is C13H20N2O2. The molecule has 0 atom stereocenters. The number of carbonyl (C=O) groups excluding carboxylic acids is 1. The summed E-state index contributed by atoms with van der Waals surface area (Å²) in [4.78, 5) is 11.1. The van der Waals surface area contributed by atoms with Crippen molar-refractivity contribution in [2.45, 2.75) is 20.3 Å². The predicted molar refractivity (Wildman–Crippen MR) is 68.1 cm³/mol. The first-order valence-corrected chi connectivity index (χ1v) is 5.80. The Kier molecular flexibility index (Phi) is 5.49. The predicted octanol–water partition coefficient (Wildman–Crippen LogP) is 1.15. The average molecular weight is 236 g/mol. The fourth-order valence-electron chi connectivity index (χ4n) is 1.53. The number of nitrogens with two attached hydrogens (primary N) is 1. The topological polar surface area (TPSA) is 64.3 Å². The Balaban J connectivity index is 2.29. The van der Waals surface area contributed by atoms with E-state index in [4.69, 9.17) is 10.5 Å². The molecule has 0 bridgehead atoms. The maximum absolute atomic E-state index is 11.1.